The molecule has 194 valence electrons. The van der Waals surface area contributed by atoms with Crippen molar-refractivity contribution in [3.05, 3.63) is 83.3 Å². The van der Waals surface area contributed by atoms with Gasteiger partial charge in [0.1, 0.15) is 10.6 Å². The molecule has 0 radical (unpaired) electrons. The van der Waals surface area contributed by atoms with Crippen LogP contribution in [0.4, 0.5) is 35.1 Å². The van der Waals surface area contributed by atoms with Gasteiger partial charge >= 0.3 is 16.3 Å². The molecule has 0 aliphatic rings. The lowest BCUT2D eigenvalue weighted by molar-refractivity contribution is -0.137. The van der Waals surface area contributed by atoms with Crippen molar-refractivity contribution in [2.45, 2.75) is 11.1 Å². The molecular formula is C23H11F8NO4S. The molecule has 0 fully saturated rings. The molecule has 0 bridgehead atoms. The van der Waals surface area contributed by atoms with Gasteiger partial charge < -0.3 is 8.92 Å². The van der Waals surface area contributed by atoms with Crippen LogP contribution in [0.15, 0.2) is 53.6 Å². The van der Waals surface area contributed by atoms with Crippen LogP contribution >= 0.6 is 0 Å². The largest absolute Gasteiger partial charge is 0.496 e. The van der Waals surface area contributed by atoms with Crippen LogP contribution in [0.3, 0.4) is 0 Å². The van der Waals surface area contributed by atoms with Crippen molar-refractivity contribution in [1.29, 1.82) is 0 Å². The molecule has 3 aromatic carbocycles. The molecule has 0 aliphatic heterocycles. The second-order valence-electron chi connectivity index (χ2n) is 7.39. The van der Waals surface area contributed by atoms with Gasteiger partial charge in [0.25, 0.3) is 0 Å². The van der Waals surface area contributed by atoms with Crippen LogP contribution in [0.1, 0.15) is 5.56 Å². The average molecular weight is 549 g/mol. The van der Waals surface area contributed by atoms with Crippen LogP contribution < -0.4 is 8.92 Å². The molecule has 5 nitrogen and oxygen atoms in total. The molecule has 0 atom stereocenters. The third-order valence-electron chi connectivity index (χ3n) is 5.17. The number of hydrogen-bond donors (Lipinski definition) is 0. The number of methoxy groups -OCH3 is 1. The van der Waals surface area contributed by atoms with Gasteiger partial charge in [0, 0.05) is 17.1 Å². The lowest BCUT2D eigenvalue weighted by Gasteiger charge is -2.14. The quantitative estimate of drug-likeness (QED) is 0.125. The average Bonchev–Trinajstić information content (AvgIpc) is 2.87. The molecule has 0 N–H and O–H groups in total. The fraction of sp³-hybridized carbons (Fsp3) is 0.0870. The lowest BCUT2D eigenvalue weighted by atomic mass is 10.0. The van der Waals surface area contributed by atoms with Gasteiger partial charge in [-0.3, -0.25) is 4.98 Å². The van der Waals surface area contributed by atoms with Gasteiger partial charge in [-0.05, 0) is 41.8 Å². The topological polar surface area (TPSA) is 65.5 Å². The molecule has 0 aliphatic carbocycles. The van der Waals surface area contributed by atoms with Gasteiger partial charge in [0.15, 0.2) is 0 Å². The monoisotopic (exact) mass is 549 g/mol. The number of rotatable bonds is 5. The maximum absolute atomic E-state index is 13.9. The summed E-state index contributed by atoms with van der Waals surface area (Å²) in [6.45, 7) is 0. The van der Waals surface area contributed by atoms with E-state index >= 15 is 0 Å². The fourth-order valence-electron chi connectivity index (χ4n) is 3.41. The van der Waals surface area contributed by atoms with Crippen molar-refractivity contribution in [2.75, 3.05) is 7.11 Å². The van der Waals surface area contributed by atoms with Crippen LogP contribution in [0.5, 0.6) is 11.5 Å². The molecule has 4 rings (SSSR count). The Labute approximate surface area is 203 Å². The fourth-order valence-corrected chi connectivity index (χ4v) is 4.37. The molecule has 1 aromatic heterocycles. The van der Waals surface area contributed by atoms with E-state index in [2.05, 4.69) is 9.17 Å². The molecule has 0 saturated carbocycles. The summed E-state index contributed by atoms with van der Waals surface area (Å²) in [4.78, 5) is 3.41. The first kappa shape index (κ1) is 26.1. The van der Waals surface area contributed by atoms with Crippen molar-refractivity contribution < 1.29 is 52.5 Å². The van der Waals surface area contributed by atoms with E-state index in [1.165, 1.54) is 18.3 Å². The van der Waals surface area contributed by atoms with Gasteiger partial charge in [-0.15, -0.1) is 0 Å². The molecular weight excluding hydrogens is 538 g/mol. The SMILES string of the molecule is COc1cc(C(F)(F)F)ccc1-c1nccc2cc(S(=O)(=O)Oc3c(F)c(F)c(F)c(F)c3F)ccc12. The van der Waals surface area contributed by atoms with Gasteiger partial charge in [0.05, 0.1) is 18.4 Å². The van der Waals surface area contributed by atoms with Crippen LogP contribution in [0, 0.1) is 29.1 Å². The Morgan fingerprint density at radius 2 is 1.43 bits per heavy atom. The van der Waals surface area contributed by atoms with Crippen molar-refractivity contribution in [2.24, 2.45) is 0 Å². The zero-order valence-electron chi connectivity index (χ0n) is 18.1. The Kier molecular flexibility index (Phi) is 6.48. The summed E-state index contributed by atoms with van der Waals surface area (Å²) in [7, 11) is -3.97. The minimum atomic E-state index is -5.11. The number of hydrogen-bond acceptors (Lipinski definition) is 5. The van der Waals surface area contributed by atoms with E-state index in [0.29, 0.717) is 0 Å². The van der Waals surface area contributed by atoms with E-state index in [9.17, 15) is 43.5 Å². The molecule has 0 saturated heterocycles. The first-order valence-electron chi connectivity index (χ1n) is 9.86. The molecule has 0 spiro atoms. The molecule has 14 heteroatoms. The number of benzene rings is 3. The summed E-state index contributed by atoms with van der Waals surface area (Å²) in [5.74, 6) is -14.5. The number of fused-ring (bicyclic) bond motifs is 1. The van der Waals surface area contributed by atoms with E-state index in [1.807, 2.05) is 0 Å². The standard InChI is InChI=1S/C23H11F8NO4S/c1-35-15-9-11(23(29,30)31)2-4-14(15)21-13-5-3-12(8-10(13)6-7-32-21)37(33,34)36-22-19(27)17(25)16(24)18(26)20(22)28/h2-9H,1H3. The van der Waals surface area contributed by atoms with Crippen LogP contribution in [-0.4, -0.2) is 20.5 Å². The van der Waals surface area contributed by atoms with Gasteiger partial charge in [-0.1, -0.05) is 6.07 Å². The predicted molar refractivity (Wildman–Crippen MR) is 113 cm³/mol. The molecule has 0 unspecified atom stereocenters. The number of ether oxygens (including phenoxy) is 1. The summed E-state index contributed by atoms with van der Waals surface area (Å²) in [6.07, 6.45) is -3.44. The van der Waals surface area contributed by atoms with E-state index in [-0.39, 0.29) is 27.8 Å². The van der Waals surface area contributed by atoms with Crippen LogP contribution in [-0.2, 0) is 16.3 Å². The number of aromatic nitrogens is 1. The summed E-state index contributed by atoms with van der Waals surface area (Å²) in [5, 5.41) is 0.366. The minimum Gasteiger partial charge on any atom is -0.496 e. The van der Waals surface area contributed by atoms with E-state index in [4.69, 9.17) is 4.74 Å². The molecule has 0 amide bonds. The number of halogens is 8. The molecule has 37 heavy (non-hydrogen) atoms. The first-order chi connectivity index (χ1) is 17.3. The normalized spacial score (nSPS) is 12.1. The maximum atomic E-state index is 13.9. The van der Waals surface area contributed by atoms with Crippen LogP contribution in [0.2, 0.25) is 0 Å². The van der Waals surface area contributed by atoms with Crippen molar-refractivity contribution in [1.82, 2.24) is 4.98 Å². The van der Waals surface area contributed by atoms with E-state index in [1.54, 1.807) is 0 Å². The maximum Gasteiger partial charge on any atom is 0.416 e. The summed E-state index contributed by atoms with van der Waals surface area (Å²) in [6, 6.07) is 7.00. The third-order valence-corrected chi connectivity index (χ3v) is 6.39. The summed E-state index contributed by atoms with van der Waals surface area (Å²) >= 11 is 0. The molecule has 4 aromatic rings. The number of pyridine rings is 1. The highest BCUT2D eigenvalue weighted by Gasteiger charge is 2.32. The predicted octanol–water partition coefficient (Wildman–Crippen LogP) is 6.39. The Morgan fingerprint density at radius 3 is 2.03 bits per heavy atom. The van der Waals surface area contributed by atoms with Crippen molar-refractivity contribution in [3.8, 4) is 22.8 Å². The van der Waals surface area contributed by atoms with Gasteiger partial charge in [0.2, 0.25) is 34.8 Å². The zero-order chi connectivity index (χ0) is 27.3. The second kappa shape index (κ2) is 9.18. The van der Waals surface area contributed by atoms with E-state index < -0.39 is 61.6 Å². The molecule has 1 heterocycles. The van der Waals surface area contributed by atoms with Crippen LogP contribution in [0.25, 0.3) is 22.0 Å². The summed E-state index contributed by atoms with van der Waals surface area (Å²) in [5.41, 5.74) is -0.742. The Hall–Kier alpha value is -3.94. The lowest BCUT2D eigenvalue weighted by Crippen LogP contribution is -2.14. The first-order valence-corrected chi connectivity index (χ1v) is 11.3. The van der Waals surface area contributed by atoms with Gasteiger partial charge in [-0.2, -0.15) is 30.4 Å². The number of nitrogens with zero attached hydrogens (tertiary/aromatic N) is 1. The Balaban J connectivity index is 1.80. The smallest absolute Gasteiger partial charge is 0.416 e. The van der Waals surface area contributed by atoms with Crippen molar-refractivity contribution in [3.63, 3.8) is 0 Å². The highest BCUT2D eigenvalue weighted by atomic mass is 32.2. The number of alkyl halides is 3. The second-order valence-corrected chi connectivity index (χ2v) is 8.94. The third kappa shape index (κ3) is 4.63. The van der Waals surface area contributed by atoms with Crippen molar-refractivity contribution >= 4 is 20.9 Å². The minimum absolute atomic E-state index is 0.104. The van der Waals surface area contributed by atoms with E-state index in [0.717, 1.165) is 37.4 Å². The summed E-state index contributed by atoms with van der Waals surface area (Å²) < 4.78 is 142. The highest BCUT2D eigenvalue weighted by molar-refractivity contribution is 7.87. The highest BCUT2D eigenvalue weighted by Crippen LogP contribution is 2.39. The zero-order valence-corrected chi connectivity index (χ0v) is 18.9. The van der Waals surface area contributed by atoms with Gasteiger partial charge in [-0.25, -0.2) is 13.2 Å². The Bertz CT molecular complexity index is 1630. The Morgan fingerprint density at radius 1 is 0.811 bits per heavy atom.